The van der Waals surface area contributed by atoms with Crippen LogP contribution in [0.1, 0.15) is 22.8 Å². The van der Waals surface area contributed by atoms with Crippen molar-refractivity contribution in [2.45, 2.75) is 18.2 Å². The Morgan fingerprint density at radius 1 is 1.14 bits per heavy atom. The number of hydrogen-bond acceptors (Lipinski definition) is 4. The van der Waals surface area contributed by atoms with Gasteiger partial charge in [0.25, 0.3) is 5.69 Å². The number of aryl methyl sites for hydroxylation is 1. The summed E-state index contributed by atoms with van der Waals surface area (Å²) in [6, 6.07) is 14.2. The Labute approximate surface area is 127 Å². The second-order valence-corrected chi connectivity index (χ2v) is 5.73. The van der Waals surface area contributed by atoms with Gasteiger partial charge in [0.1, 0.15) is 0 Å². The lowest BCUT2D eigenvalue weighted by Crippen LogP contribution is -1.96. The maximum absolute atomic E-state index is 11.2. The van der Waals surface area contributed by atoms with Crippen LogP contribution in [0.5, 0.6) is 0 Å². The molecule has 0 spiro atoms. The zero-order valence-corrected chi connectivity index (χ0v) is 12.4. The second-order valence-electron chi connectivity index (χ2n) is 4.56. The molecule has 0 aromatic heterocycles. The molecule has 0 amide bonds. The van der Waals surface area contributed by atoms with Crippen LogP contribution >= 0.6 is 11.8 Å². The number of para-hydroxylation sites is 1. The zero-order valence-electron chi connectivity index (χ0n) is 11.6. The van der Waals surface area contributed by atoms with E-state index in [1.807, 2.05) is 18.2 Å². The Hall–Kier alpha value is -2.14. The lowest BCUT2D eigenvalue weighted by molar-refractivity contribution is -0.385. The van der Waals surface area contributed by atoms with Gasteiger partial charge < -0.3 is 0 Å². The van der Waals surface area contributed by atoms with E-state index in [9.17, 15) is 14.9 Å². The molecule has 0 saturated heterocycles. The van der Waals surface area contributed by atoms with Crippen LogP contribution in [0.4, 0.5) is 5.69 Å². The zero-order chi connectivity index (χ0) is 15.2. The number of nitrogens with zero attached hydrogens (tertiary/aromatic N) is 1. The minimum atomic E-state index is -0.346. The Morgan fingerprint density at radius 3 is 2.43 bits per heavy atom. The topological polar surface area (TPSA) is 60.2 Å². The van der Waals surface area contributed by atoms with E-state index in [0.29, 0.717) is 12.0 Å². The van der Waals surface area contributed by atoms with Crippen LogP contribution in [0.3, 0.4) is 0 Å². The van der Waals surface area contributed by atoms with E-state index in [-0.39, 0.29) is 16.4 Å². The number of carbonyl (C=O) groups excluding carboxylic acids is 1. The first-order chi connectivity index (χ1) is 10.1. The van der Waals surface area contributed by atoms with Crippen LogP contribution in [0.25, 0.3) is 0 Å². The Morgan fingerprint density at radius 2 is 1.81 bits per heavy atom. The Kier molecular flexibility index (Phi) is 5.11. The predicted octanol–water partition coefficient (Wildman–Crippen LogP) is 4.13. The van der Waals surface area contributed by atoms with Crippen molar-refractivity contribution in [1.29, 1.82) is 0 Å². The smallest absolute Gasteiger partial charge is 0.272 e. The van der Waals surface area contributed by atoms with Crippen molar-refractivity contribution >= 4 is 23.2 Å². The van der Waals surface area contributed by atoms with E-state index < -0.39 is 0 Å². The van der Waals surface area contributed by atoms with Gasteiger partial charge in [-0.15, -0.1) is 11.8 Å². The Bertz CT molecular complexity index is 653. The van der Waals surface area contributed by atoms with E-state index >= 15 is 0 Å². The summed E-state index contributed by atoms with van der Waals surface area (Å²) in [5, 5.41) is 10.9. The molecule has 2 aromatic carbocycles. The van der Waals surface area contributed by atoms with Gasteiger partial charge in [0, 0.05) is 27.8 Å². The molecule has 2 rings (SSSR count). The fraction of sp³-hybridized carbons (Fsp3) is 0.188. The molecule has 108 valence electrons. The summed E-state index contributed by atoms with van der Waals surface area (Å²) in [6.45, 7) is 1.54. The summed E-state index contributed by atoms with van der Waals surface area (Å²) in [7, 11) is 0. The van der Waals surface area contributed by atoms with E-state index in [4.69, 9.17) is 0 Å². The van der Waals surface area contributed by atoms with Crippen molar-refractivity contribution in [2.24, 2.45) is 0 Å². The summed E-state index contributed by atoms with van der Waals surface area (Å²) < 4.78 is 0. The number of nitro benzene ring substituents is 1. The standard InChI is InChI=1S/C16H15NO3S/c1-12(18)13-6-8-15(9-7-13)21-11-10-14-4-2-3-5-16(14)17(19)20/h2-9H,10-11H2,1H3. The highest BCUT2D eigenvalue weighted by Crippen LogP contribution is 2.23. The van der Waals surface area contributed by atoms with Crippen LogP contribution in [-0.4, -0.2) is 16.5 Å². The molecule has 0 heterocycles. The lowest BCUT2D eigenvalue weighted by atomic mass is 10.1. The number of carbonyl (C=O) groups is 1. The van der Waals surface area contributed by atoms with Gasteiger partial charge in [0.2, 0.25) is 0 Å². The summed E-state index contributed by atoms with van der Waals surface area (Å²) >= 11 is 1.62. The monoisotopic (exact) mass is 301 g/mol. The van der Waals surface area contributed by atoms with Crippen molar-refractivity contribution in [3.8, 4) is 0 Å². The van der Waals surface area contributed by atoms with Crippen molar-refractivity contribution in [2.75, 3.05) is 5.75 Å². The fourth-order valence-electron chi connectivity index (χ4n) is 1.97. The van der Waals surface area contributed by atoms with Gasteiger partial charge >= 0.3 is 0 Å². The number of ketones is 1. The number of thioether (sulfide) groups is 1. The minimum Gasteiger partial charge on any atom is -0.295 e. The molecule has 0 fully saturated rings. The van der Waals surface area contributed by atoms with Crippen LogP contribution in [0.15, 0.2) is 53.4 Å². The van der Waals surface area contributed by atoms with Crippen LogP contribution in [0, 0.1) is 10.1 Å². The number of hydrogen-bond donors (Lipinski definition) is 0. The maximum Gasteiger partial charge on any atom is 0.272 e. The normalized spacial score (nSPS) is 10.3. The molecule has 21 heavy (non-hydrogen) atoms. The molecule has 0 unspecified atom stereocenters. The van der Waals surface area contributed by atoms with E-state index in [0.717, 1.165) is 16.2 Å². The summed E-state index contributed by atoms with van der Waals surface area (Å²) in [5.41, 5.74) is 1.61. The van der Waals surface area contributed by atoms with E-state index in [2.05, 4.69) is 0 Å². The highest BCUT2D eigenvalue weighted by molar-refractivity contribution is 7.99. The molecule has 2 aromatic rings. The molecular formula is C16H15NO3S. The average Bonchev–Trinajstić information content (AvgIpc) is 2.48. The molecule has 5 heteroatoms. The van der Waals surface area contributed by atoms with Crippen molar-refractivity contribution in [1.82, 2.24) is 0 Å². The van der Waals surface area contributed by atoms with Crippen molar-refractivity contribution in [3.05, 3.63) is 69.8 Å². The SMILES string of the molecule is CC(=O)c1ccc(SCCc2ccccc2[N+](=O)[O-])cc1. The van der Waals surface area contributed by atoms with Gasteiger partial charge in [-0.3, -0.25) is 14.9 Å². The van der Waals surface area contributed by atoms with Crippen LogP contribution < -0.4 is 0 Å². The largest absolute Gasteiger partial charge is 0.295 e. The second kappa shape index (κ2) is 7.04. The highest BCUT2D eigenvalue weighted by Gasteiger charge is 2.11. The fourth-order valence-corrected chi connectivity index (χ4v) is 2.85. The first kappa shape index (κ1) is 15.3. The van der Waals surface area contributed by atoms with Crippen LogP contribution in [0.2, 0.25) is 0 Å². The van der Waals surface area contributed by atoms with Gasteiger partial charge in [-0.1, -0.05) is 30.3 Å². The van der Waals surface area contributed by atoms with Gasteiger partial charge in [-0.05, 0) is 25.5 Å². The number of Topliss-reactive ketones (excluding diaryl/α,β-unsaturated/α-hetero) is 1. The first-order valence-corrected chi connectivity index (χ1v) is 7.52. The maximum atomic E-state index is 11.2. The molecule has 0 N–H and O–H groups in total. The van der Waals surface area contributed by atoms with Crippen molar-refractivity contribution in [3.63, 3.8) is 0 Å². The van der Waals surface area contributed by atoms with Crippen molar-refractivity contribution < 1.29 is 9.72 Å². The number of rotatable bonds is 6. The molecular weight excluding hydrogens is 286 g/mol. The molecule has 0 aliphatic heterocycles. The predicted molar refractivity (Wildman–Crippen MR) is 84.0 cm³/mol. The Balaban J connectivity index is 1.95. The molecule has 0 saturated carbocycles. The van der Waals surface area contributed by atoms with Gasteiger partial charge in [0.05, 0.1) is 4.92 Å². The molecule has 0 atom stereocenters. The molecule has 0 radical (unpaired) electrons. The third-order valence-electron chi connectivity index (χ3n) is 3.09. The third-order valence-corrected chi connectivity index (χ3v) is 4.10. The summed E-state index contributed by atoms with van der Waals surface area (Å²) in [5.74, 6) is 0.802. The van der Waals surface area contributed by atoms with Gasteiger partial charge in [0.15, 0.2) is 5.78 Å². The molecule has 4 nitrogen and oxygen atoms in total. The van der Waals surface area contributed by atoms with Gasteiger partial charge in [-0.2, -0.15) is 0 Å². The average molecular weight is 301 g/mol. The molecule has 0 aliphatic rings. The van der Waals surface area contributed by atoms with E-state index in [1.54, 1.807) is 36.0 Å². The quantitative estimate of drug-likeness (QED) is 0.348. The number of benzene rings is 2. The molecule has 0 bridgehead atoms. The first-order valence-electron chi connectivity index (χ1n) is 6.54. The number of nitro groups is 1. The summed E-state index contributed by atoms with van der Waals surface area (Å²) in [4.78, 5) is 22.8. The minimum absolute atomic E-state index is 0.0476. The summed E-state index contributed by atoms with van der Waals surface area (Å²) in [6.07, 6.45) is 0.635. The highest BCUT2D eigenvalue weighted by atomic mass is 32.2. The van der Waals surface area contributed by atoms with E-state index in [1.165, 1.54) is 13.0 Å². The van der Waals surface area contributed by atoms with Crippen LogP contribution in [-0.2, 0) is 6.42 Å². The lowest BCUT2D eigenvalue weighted by Gasteiger charge is -2.04. The third kappa shape index (κ3) is 4.16. The van der Waals surface area contributed by atoms with Gasteiger partial charge in [-0.25, -0.2) is 0 Å². The molecule has 0 aliphatic carbocycles.